The molecule has 6 aromatic rings. The second-order valence-corrected chi connectivity index (χ2v) is 11.8. The number of fused-ring (bicyclic) bond motifs is 4. The molecule has 10 heteroatoms. The lowest BCUT2D eigenvalue weighted by molar-refractivity contribution is 0.0952. The Morgan fingerprint density at radius 3 is 1.74 bits per heavy atom. The van der Waals surface area contributed by atoms with Crippen molar-refractivity contribution in [3.8, 4) is 11.5 Å². The van der Waals surface area contributed by atoms with Gasteiger partial charge in [0, 0.05) is 56.3 Å². The summed E-state index contributed by atoms with van der Waals surface area (Å²) in [6, 6.07) is 24.5. The minimum atomic E-state index is -0.453. The quantitative estimate of drug-likeness (QED) is 0.146. The number of nitrogens with one attached hydrogen (secondary N) is 4. The summed E-state index contributed by atoms with van der Waals surface area (Å²) < 4.78 is 0. The average molecular weight is 614 g/mol. The van der Waals surface area contributed by atoms with E-state index in [0.717, 1.165) is 57.0 Å². The number of hydrogen-bond acceptors (Lipinski definition) is 6. The number of para-hydroxylation sites is 2. The van der Waals surface area contributed by atoms with Crippen molar-refractivity contribution in [3.05, 3.63) is 130 Å². The number of amides is 2. The molecular formula is C36H31N5O5. The van der Waals surface area contributed by atoms with Gasteiger partial charge in [-0.3, -0.25) is 14.4 Å². The van der Waals surface area contributed by atoms with Crippen molar-refractivity contribution in [3.63, 3.8) is 0 Å². The predicted octanol–water partition coefficient (Wildman–Crippen LogP) is 5.29. The summed E-state index contributed by atoms with van der Waals surface area (Å²) in [4.78, 5) is 44.5. The van der Waals surface area contributed by atoms with Crippen LogP contribution in [0.1, 0.15) is 71.2 Å². The number of benzene rings is 4. The van der Waals surface area contributed by atoms with Gasteiger partial charge in [-0.25, -0.2) is 0 Å². The zero-order valence-electron chi connectivity index (χ0n) is 25.1. The Morgan fingerprint density at radius 2 is 1.20 bits per heavy atom. The molecule has 230 valence electrons. The maximum atomic E-state index is 12.3. The lowest BCUT2D eigenvalue weighted by Crippen LogP contribution is -2.22. The van der Waals surface area contributed by atoms with E-state index >= 15 is 0 Å². The Hall–Kier alpha value is -5.87. The van der Waals surface area contributed by atoms with E-state index in [1.165, 1.54) is 6.07 Å². The van der Waals surface area contributed by atoms with E-state index in [9.17, 15) is 24.6 Å². The molecule has 0 spiro atoms. The Bertz CT molecular complexity index is 2180. The van der Waals surface area contributed by atoms with Crippen LogP contribution in [-0.4, -0.2) is 57.3 Å². The van der Waals surface area contributed by atoms with Crippen LogP contribution in [0, 0.1) is 0 Å². The van der Waals surface area contributed by atoms with E-state index in [1.54, 1.807) is 30.3 Å². The normalized spacial score (nSPS) is 16.6. The molecule has 10 nitrogen and oxygen atoms in total. The van der Waals surface area contributed by atoms with E-state index in [4.69, 9.17) is 0 Å². The summed E-state index contributed by atoms with van der Waals surface area (Å²) in [6.07, 6.45) is 0.752. The van der Waals surface area contributed by atoms with Gasteiger partial charge in [-0.15, -0.1) is 0 Å². The first-order valence-corrected chi connectivity index (χ1v) is 14.8. The molecule has 0 aliphatic carbocycles. The fourth-order valence-corrected chi connectivity index (χ4v) is 6.60. The van der Waals surface area contributed by atoms with Crippen molar-refractivity contribution in [2.24, 2.45) is 0 Å². The van der Waals surface area contributed by atoms with Gasteiger partial charge in [0.1, 0.15) is 11.5 Å². The van der Waals surface area contributed by atoms with Crippen molar-refractivity contribution >= 4 is 39.9 Å². The zero-order valence-corrected chi connectivity index (χ0v) is 25.1. The minimum absolute atomic E-state index is 0.0905. The Morgan fingerprint density at radius 1 is 0.696 bits per heavy atom. The summed E-state index contributed by atoms with van der Waals surface area (Å²) in [5.74, 6) is -0.0461. The van der Waals surface area contributed by atoms with Crippen LogP contribution in [0.15, 0.2) is 84.9 Å². The van der Waals surface area contributed by atoms with Crippen molar-refractivity contribution < 1.29 is 24.6 Å². The number of hydrogen-bond donors (Lipinski definition) is 6. The van der Waals surface area contributed by atoms with Crippen molar-refractivity contribution in [1.82, 2.24) is 25.5 Å². The van der Waals surface area contributed by atoms with Gasteiger partial charge >= 0.3 is 0 Å². The maximum Gasteiger partial charge on any atom is 0.252 e. The first kappa shape index (κ1) is 28.9. The summed E-state index contributed by atoms with van der Waals surface area (Å²) in [5.41, 5.74) is 7.83. The second-order valence-electron chi connectivity index (χ2n) is 11.8. The molecule has 0 bridgehead atoms. The molecule has 8 rings (SSSR count). The SMILES string of the molecule is CN(C)Cc1[nH]c2ccccc2c1C1NC(=O)c2ccc(O)cc21.O=Cc1[nH]c2ccccc2c1C1NC(=O)c2ccc(O)cc21. The van der Waals surface area contributed by atoms with Crippen molar-refractivity contribution in [2.75, 3.05) is 14.1 Å². The molecule has 0 saturated heterocycles. The molecule has 2 aliphatic heterocycles. The Labute approximate surface area is 263 Å². The predicted molar refractivity (Wildman–Crippen MR) is 174 cm³/mol. The molecule has 4 aromatic carbocycles. The largest absolute Gasteiger partial charge is 0.508 e. The molecule has 0 fully saturated rings. The standard InChI is InChI=1S/C19H19N3O2.C17H12N2O3/c1-22(2)10-16-17(13-5-3-4-6-15(13)20-16)18-14-9-11(23)7-8-12(14)19(24)21-18;20-8-14-15(11-3-1-2-4-13(11)18-14)16-12-7-9(21)5-6-10(12)17(22)19-16/h3-9,18,20,23H,10H2,1-2H3,(H,21,24);1-8,16,18,21H,(H,19,22). The third-order valence-corrected chi connectivity index (χ3v) is 8.51. The maximum absolute atomic E-state index is 12.3. The fraction of sp³-hybridized carbons (Fsp3) is 0.139. The highest BCUT2D eigenvalue weighted by Gasteiger charge is 2.34. The number of phenolic OH excluding ortho intramolecular Hbond substituents is 2. The number of nitrogens with zero attached hydrogens (tertiary/aromatic N) is 1. The summed E-state index contributed by atoms with van der Waals surface area (Å²) in [5, 5.41) is 27.5. The topological polar surface area (TPSA) is 151 Å². The van der Waals surface area contributed by atoms with Gasteiger partial charge in [0.2, 0.25) is 0 Å². The van der Waals surface area contributed by atoms with Crippen LogP contribution in [0.3, 0.4) is 0 Å². The van der Waals surface area contributed by atoms with Gasteiger partial charge in [-0.1, -0.05) is 36.4 Å². The summed E-state index contributed by atoms with van der Waals surface area (Å²) in [7, 11) is 4.03. The molecule has 4 heterocycles. The lowest BCUT2D eigenvalue weighted by Gasteiger charge is -2.16. The molecule has 0 saturated carbocycles. The number of aromatic hydroxyl groups is 2. The molecular weight excluding hydrogens is 582 g/mol. The van der Waals surface area contributed by atoms with Crippen LogP contribution in [0.25, 0.3) is 21.8 Å². The lowest BCUT2D eigenvalue weighted by atomic mass is 9.95. The minimum Gasteiger partial charge on any atom is -0.508 e. The fourth-order valence-electron chi connectivity index (χ4n) is 6.60. The number of aromatic nitrogens is 2. The zero-order chi connectivity index (χ0) is 32.1. The van der Waals surface area contributed by atoms with Gasteiger partial charge in [0.05, 0.1) is 17.8 Å². The van der Waals surface area contributed by atoms with E-state index in [-0.39, 0.29) is 29.4 Å². The molecule has 46 heavy (non-hydrogen) atoms. The number of rotatable bonds is 5. The van der Waals surface area contributed by atoms with E-state index in [1.807, 2.05) is 56.6 Å². The van der Waals surface area contributed by atoms with Gasteiger partial charge in [0.25, 0.3) is 11.8 Å². The van der Waals surface area contributed by atoms with Crippen molar-refractivity contribution in [2.45, 2.75) is 18.6 Å². The van der Waals surface area contributed by atoms with E-state index < -0.39 is 6.04 Å². The number of phenols is 2. The first-order valence-electron chi connectivity index (χ1n) is 14.8. The van der Waals surface area contributed by atoms with Crippen LogP contribution in [0.5, 0.6) is 11.5 Å². The molecule has 0 radical (unpaired) electrons. The van der Waals surface area contributed by atoms with Crippen molar-refractivity contribution in [1.29, 1.82) is 0 Å². The highest BCUT2D eigenvalue weighted by molar-refractivity contribution is 6.03. The first-order chi connectivity index (χ1) is 22.2. The number of carbonyl (C=O) groups is 3. The van der Waals surface area contributed by atoms with Crippen LogP contribution < -0.4 is 10.6 Å². The third-order valence-electron chi connectivity index (χ3n) is 8.51. The van der Waals surface area contributed by atoms with Gasteiger partial charge in [0.15, 0.2) is 6.29 Å². The number of carbonyl (C=O) groups excluding carboxylic acids is 3. The smallest absolute Gasteiger partial charge is 0.252 e. The number of H-pyrrole nitrogens is 2. The molecule has 2 aliphatic rings. The monoisotopic (exact) mass is 613 g/mol. The third kappa shape index (κ3) is 4.85. The highest BCUT2D eigenvalue weighted by Crippen LogP contribution is 2.40. The van der Waals surface area contributed by atoms with E-state index in [0.29, 0.717) is 22.4 Å². The van der Waals surface area contributed by atoms with Crippen LogP contribution >= 0.6 is 0 Å². The van der Waals surface area contributed by atoms with Crippen LogP contribution in [-0.2, 0) is 6.54 Å². The second kappa shape index (κ2) is 11.2. The van der Waals surface area contributed by atoms with Gasteiger partial charge < -0.3 is 35.7 Å². The number of aromatic amines is 2. The summed E-state index contributed by atoms with van der Waals surface area (Å²) >= 11 is 0. The molecule has 2 unspecified atom stereocenters. The molecule has 2 aromatic heterocycles. The van der Waals surface area contributed by atoms with Crippen LogP contribution in [0.4, 0.5) is 0 Å². The average Bonchev–Trinajstić information content (AvgIpc) is 3.76. The van der Waals surface area contributed by atoms with E-state index in [2.05, 4.69) is 31.6 Å². The van der Waals surface area contributed by atoms with Gasteiger partial charge in [-0.2, -0.15) is 0 Å². The Kier molecular flexibility index (Phi) is 7.06. The highest BCUT2D eigenvalue weighted by atomic mass is 16.3. The molecule has 6 N–H and O–H groups in total. The molecule has 2 amide bonds. The van der Waals surface area contributed by atoms with Crippen LogP contribution in [0.2, 0.25) is 0 Å². The number of aldehydes is 1. The molecule has 2 atom stereocenters. The Balaban J connectivity index is 0.000000147. The van der Waals surface area contributed by atoms with Gasteiger partial charge in [-0.05, 0) is 73.8 Å². The summed E-state index contributed by atoms with van der Waals surface area (Å²) in [6.45, 7) is 0.741.